The largest absolute Gasteiger partial charge is 0.478 e. The van der Waals surface area contributed by atoms with Gasteiger partial charge in [-0.05, 0) is 41.2 Å². The quantitative estimate of drug-likeness (QED) is 0.722. The summed E-state index contributed by atoms with van der Waals surface area (Å²) in [5.74, 6) is -0.959. The number of carbonyl (C=O) groups excluding carboxylic acids is 1. The summed E-state index contributed by atoms with van der Waals surface area (Å²) in [4.78, 5) is 20.7. The Bertz CT molecular complexity index is 796. The number of carboxylic acid groups (broad SMARTS) is 1. The number of amides is 1. The monoisotopic (exact) mass is 325 g/mol. The van der Waals surface area contributed by atoms with E-state index in [1.165, 1.54) is 11.1 Å². The molecular formula is C19H19NO4. The highest BCUT2D eigenvalue weighted by molar-refractivity contribution is 6.15. The van der Waals surface area contributed by atoms with Crippen molar-refractivity contribution in [1.82, 2.24) is 0 Å². The highest BCUT2D eigenvalue weighted by Gasteiger charge is 2.22. The maximum Gasteiger partial charge on any atom is 0.404 e. The van der Waals surface area contributed by atoms with E-state index in [4.69, 9.17) is 5.11 Å². The van der Waals surface area contributed by atoms with E-state index in [-0.39, 0.29) is 5.57 Å². The van der Waals surface area contributed by atoms with Crippen LogP contribution < -0.4 is 5.73 Å². The number of hydrogen-bond acceptors (Lipinski definition) is 3. The van der Waals surface area contributed by atoms with Gasteiger partial charge >= 0.3 is 12.1 Å². The molecular weight excluding hydrogens is 306 g/mol. The van der Waals surface area contributed by atoms with E-state index in [9.17, 15) is 9.59 Å². The Morgan fingerprint density at radius 3 is 2.42 bits per heavy atom. The molecule has 0 unspecified atom stereocenters. The first-order valence-electron chi connectivity index (χ1n) is 7.50. The molecule has 124 valence electrons. The normalized spacial score (nSPS) is 10.7. The number of carbonyl (C=O) groups is 2. The average Bonchev–Trinajstić information content (AvgIpc) is 2.93. The van der Waals surface area contributed by atoms with Gasteiger partial charge in [0.2, 0.25) is 0 Å². The molecule has 1 amide bonds. The van der Waals surface area contributed by atoms with E-state index >= 15 is 0 Å². The minimum atomic E-state index is -0.959. The lowest BCUT2D eigenvalue weighted by atomic mass is 9.96. The second-order valence-corrected chi connectivity index (χ2v) is 5.20. The van der Waals surface area contributed by atoms with Crippen LogP contribution in [0.15, 0.2) is 49.0 Å². The highest BCUT2D eigenvalue weighted by Crippen LogP contribution is 2.39. The Balaban J connectivity index is 0.000000301. The summed E-state index contributed by atoms with van der Waals surface area (Å²) >= 11 is 0. The summed E-state index contributed by atoms with van der Waals surface area (Å²) in [6.45, 7) is 5.72. The van der Waals surface area contributed by atoms with Gasteiger partial charge in [-0.25, -0.2) is 9.59 Å². The maximum absolute atomic E-state index is 11.1. The van der Waals surface area contributed by atoms with Gasteiger partial charge in [0.15, 0.2) is 0 Å². The first kappa shape index (κ1) is 17.3. The van der Waals surface area contributed by atoms with Gasteiger partial charge in [0, 0.05) is 0 Å². The molecule has 0 spiro atoms. The molecule has 0 aliphatic heterocycles. The number of hydrogen-bond donors (Lipinski definition) is 2. The van der Waals surface area contributed by atoms with E-state index in [0.717, 1.165) is 23.1 Å². The Kier molecular flexibility index (Phi) is 5.37. The van der Waals surface area contributed by atoms with Crippen LogP contribution in [0.5, 0.6) is 0 Å². The first-order valence-corrected chi connectivity index (χ1v) is 7.50. The molecule has 0 atom stereocenters. The maximum atomic E-state index is 11.1. The number of primary amides is 1. The summed E-state index contributed by atoms with van der Waals surface area (Å²) in [6, 6.07) is 13.9. The van der Waals surface area contributed by atoms with E-state index in [0.29, 0.717) is 6.61 Å². The van der Waals surface area contributed by atoms with Gasteiger partial charge in [-0.3, -0.25) is 0 Å². The second-order valence-electron chi connectivity index (χ2n) is 5.20. The van der Waals surface area contributed by atoms with Crippen molar-refractivity contribution in [3.05, 3.63) is 65.7 Å². The molecule has 3 rings (SSSR count). The molecule has 0 aromatic heterocycles. The number of benzene rings is 2. The summed E-state index contributed by atoms with van der Waals surface area (Å²) in [7, 11) is 0. The third-order valence-electron chi connectivity index (χ3n) is 3.72. The molecule has 0 radical (unpaired) electrons. The number of aliphatic carboxylic acids is 1. The molecule has 0 heterocycles. The predicted molar refractivity (Wildman–Crippen MR) is 92.6 cm³/mol. The molecule has 2 aromatic carbocycles. The van der Waals surface area contributed by atoms with Crippen molar-refractivity contribution in [3.8, 4) is 11.1 Å². The molecule has 1 aliphatic carbocycles. The van der Waals surface area contributed by atoms with Gasteiger partial charge in [-0.1, -0.05) is 49.0 Å². The van der Waals surface area contributed by atoms with E-state index in [1.807, 2.05) is 30.3 Å². The smallest absolute Gasteiger partial charge is 0.404 e. The van der Waals surface area contributed by atoms with Gasteiger partial charge in [0.05, 0.1) is 12.2 Å². The number of carboxylic acids is 1. The van der Waals surface area contributed by atoms with Crippen molar-refractivity contribution in [1.29, 1.82) is 0 Å². The summed E-state index contributed by atoms with van der Waals surface area (Å²) in [5, 5.41) is 9.08. The molecule has 0 saturated carbocycles. The number of fused-ring (bicyclic) bond motifs is 3. The SMILES string of the molecule is C=C(C(=O)O)c1cccc2c1Cc1ccccc1-2.CCOC(N)=O. The third kappa shape index (κ3) is 3.63. The topological polar surface area (TPSA) is 89.6 Å². The molecule has 3 N–H and O–H groups in total. The van der Waals surface area contributed by atoms with E-state index in [2.05, 4.69) is 29.2 Å². The van der Waals surface area contributed by atoms with Crippen LogP contribution in [0.25, 0.3) is 16.7 Å². The third-order valence-corrected chi connectivity index (χ3v) is 3.72. The Hall–Kier alpha value is -3.08. The minimum absolute atomic E-state index is 0.166. The fourth-order valence-electron chi connectivity index (χ4n) is 2.70. The molecule has 5 nitrogen and oxygen atoms in total. The molecule has 0 saturated heterocycles. The standard InChI is InChI=1S/C16H12O2.C3H7NO2/c1-10(16(17)18)12-7-4-8-14-13-6-3-2-5-11(13)9-15(12)14;1-2-6-3(4)5/h2-8H,1,9H2,(H,17,18);2H2,1H3,(H2,4,5). The molecule has 5 heteroatoms. The summed E-state index contributed by atoms with van der Waals surface area (Å²) in [6.07, 6.45) is 0.0750. The second kappa shape index (κ2) is 7.46. The Morgan fingerprint density at radius 1 is 1.17 bits per heavy atom. The predicted octanol–water partition coefficient (Wildman–Crippen LogP) is 3.46. The highest BCUT2D eigenvalue weighted by atomic mass is 16.5. The van der Waals surface area contributed by atoms with Crippen LogP contribution in [0.1, 0.15) is 23.6 Å². The fourth-order valence-corrected chi connectivity index (χ4v) is 2.70. The lowest BCUT2D eigenvalue weighted by Gasteiger charge is -2.07. The fraction of sp³-hybridized carbons (Fsp3) is 0.158. The van der Waals surface area contributed by atoms with Crippen molar-refractivity contribution in [3.63, 3.8) is 0 Å². The van der Waals surface area contributed by atoms with E-state index < -0.39 is 12.1 Å². The minimum Gasteiger partial charge on any atom is -0.478 e. The van der Waals surface area contributed by atoms with Gasteiger partial charge < -0.3 is 15.6 Å². The number of ether oxygens (including phenoxy) is 1. The first-order chi connectivity index (χ1) is 11.5. The molecule has 1 aliphatic rings. The lowest BCUT2D eigenvalue weighted by molar-refractivity contribution is -0.130. The van der Waals surface area contributed by atoms with Gasteiger partial charge in [0.25, 0.3) is 0 Å². The van der Waals surface area contributed by atoms with Crippen molar-refractivity contribution in [2.75, 3.05) is 6.61 Å². The van der Waals surface area contributed by atoms with Crippen LogP contribution in [0, 0.1) is 0 Å². The molecule has 24 heavy (non-hydrogen) atoms. The van der Waals surface area contributed by atoms with Crippen molar-refractivity contribution in [2.45, 2.75) is 13.3 Å². The lowest BCUT2D eigenvalue weighted by Crippen LogP contribution is -2.11. The zero-order valence-electron chi connectivity index (χ0n) is 13.4. The van der Waals surface area contributed by atoms with Crippen LogP contribution in [0.4, 0.5) is 4.79 Å². The van der Waals surface area contributed by atoms with Gasteiger partial charge in [0.1, 0.15) is 0 Å². The van der Waals surface area contributed by atoms with Crippen LogP contribution in [-0.2, 0) is 16.0 Å². The zero-order valence-corrected chi connectivity index (χ0v) is 13.4. The van der Waals surface area contributed by atoms with Crippen LogP contribution in [-0.4, -0.2) is 23.8 Å². The Morgan fingerprint density at radius 2 is 1.83 bits per heavy atom. The number of rotatable bonds is 3. The van der Waals surface area contributed by atoms with Crippen LogP contribution >= 0.6 is 0 Å². The van der Waals surface area contributed by atoms with Crippen molar-refractivity contribution >= 4 is 17.6 Å². The summed E-state index contributed by atoms with van der Waals surface area (Å²) < 4.78 is 4.18. The van der Waals surface area contributed by atoms with Gasteiger partial charge in [-0.15, -0.1) is 0 Å². The van der Waals surface area contributed by atoms with Crippen LogP contribution in [0.2, 0.25) is 0 Å². The van der Waals surface area contributed by atoms with Crippen molar-refractivity contribution in [2.24, 2.45) is 5.73 Å². The zero-order chi connectivity index (χ0) is 17.7. The van der Waals surface area contributed by atoms with Gasteiger partial charge in [-0.2, -0.15) is 0 Å². The molecule has 2 aromatic rings. The van der Waals surface area contributed by atoms with Crippen molar-refractivity contribution < 1.29 is 19.4 Å². The Labute approximate surface area is 140 Å². The molecule has 0 bridgehead atoms. The molecule has 0 fully saturated rings. The number of nitrogens with two attached hydrogens (primary N) is 1. The van der Waals surface area contributed by atoms with Crippen LogP contribution in [0.3, 0.4) is 0 Å². The van der Waals surface area contributed by atoms with E-state index in [1.54, 1.807) is 6.92 Å². The summed E-state index contributed by atoms with van der Waals surface area (Å²) in [5.41, 5.74) is 10.1. The average molecular weight is 325 g/mol.